The van der Waals surface area contributed by atoms with Crippen LogP contribution in [0.15, 0.2) is 42.5 Å². The summed E-state index contributed by atoms with van der Waals surface area (Å²) in [5.41, 5.74) is 4.82. The second kappa shape index (κ2) is 8.70. The highest BCUT2D eigenvalue weighted by Crippen LogP contribution is 2.21. The van der Waals surface area contributed by atoms with E-state index in [1.807, 2.05) is 38.1 Å². The van der Waals surface area contributed by atoms with Crippen LogP contribution >= 0.6 is 0 Å². The minimum atomic E-state index is -0.483. The number of benzene rings is 2. The van der Waals surface area contributed by atoms with Crippen LogP contribution in [-0.2, 0) is 4.79 Å². The first-order valence-electron chi connectivity index (χ1n) is 9.05. The van der Waals surface area contributed by atoms with Crippen LogP contribution < -0.4 is 10.1 Å². The van der Waals surface area contributed by atoms with Crippen LogP contribution in [0, 0.1) is 20.8 Å². The van der Waals surface area contributed by atoms with Crippen LogP contribution in [0.4, 0.5) is 0 Å². The first-order chi connectivity index (χ1) is 11.9. The zero-order valence-electron chi connectivity index (χ0n) is 15.9. The van der Waals surface area contributed by atoms with Crippen molar-refractivity contribution in [2.45, 2.75) is 59.6 Å². The SMILES string of the molecule is CC[C@@H](Oc1ccc(C)cc1)C(=O)N[C@H](CC)c1ccc(C)c(C)c1. The molecule has 2 rings (SSSR count). The molecule has 2 aromatic carbocycles. The predicted molar refractivity (Wildman–Crippen MR) is 103 cm³/mol. The Balaban J connectivity index is 2.08. The lowest BCUT2D eigenvalue weighted by molar-refractivity contribution is -0.128. The van der Waals surface area contributed by atoms with Crippen LogP contribution in [0.2, 0.25) is 0 Å². The van der Waals surface area contributed by atoms with E-state index in [4.69, 9.17) is 4.74 Å². The first kappa shape index (κ1) is 19.0. The highest BCUT2D eigenvalue weighted by molar-refractivity contribution is 5.81. The molecule has 0 aliphatic carbocycles. The summed E-state index contributed by atoms with van der Waals surface area (Å²) in [6, 6.07) is 14.2. The molecule has 0 aliphatic heterocycles. The van der Waals surface area contributed by atoms with Crippen molar-refractivity contribution in [2.24, 2.45) is 0 Å². The molecule has 1 N–H and O–H groups in total. The molecule has 2 aromatic rings. The average molecular weight is 339 g/mol. The van der Waals surface area contributed by atoms with E-state index in [1.165, 1.54) is 16.7 Å². The van der Waals surface area contributed by atoms with Gasteiger partial charge in [-0.3, -0.25) is 4.79 Å². The van der Waals surface area contributed by atoms with Crippen molar-refractivity contribution in [2.75, 3.05) is 0 Å². The van der Waals surface area contributed by atoms with Crippen molar-refractivity contribution in [1.29, 1.82) is 0 Å². The van der Waals surface area contributed by atoms with Crippen molar-refractivity contribution in [3.8, 4) is 5.75 Å². The summed E-state index contributed by atoms with van der Waals surface area (Å²) in [5, 5.41) is 3.15. The number of aryl methyl sites for hydroxylation is 3. The summed E-state index contributed by atoms with van der Waals surface area (Å²) in [6.07, 6.45) is 0.987. The van der Waals surface area contributed by atoms with E-state index in [2.05, 4.69) is 44.3 Å². The third kappa shape index (κ3) is 5.09. The quantitative estimate of drug-likeness (QED) is 0.768. The van der Waals surface area contributed by atoms with Gasteiger partial charge in [-0.1, -0.05) is 49.7 Å². The standard InChI is InChI=1S/C22H29NO2/c1-6-20(18-11-10-16(4)17(5)14-18)23-22(24)21(7-2)25-19-12-8-15(3)9-13-19/h8-14,20-21H,6-7H2,1-5H3,(H,23,24)/t20-,21-/m1/s1. The minimum Gasteiger partial charge on any atom is -0.481 e. The van der Waals surface area contributed by atoms with Crippen LogP contribution in [0.1, 0.15) is 55.0 Å². The zero-order valence-corrected chi connectivity index (χ0v) is 15.9. The van der Waals surface area contributed by atoms with Crippen LogP contribution in [0.25, 0.3) is 0 Å². The third-order valence-electron chi connectivity index (χ3n) is 4.62. The Hall–Kier alpha value is -2.29. The Morgan fingerprint density at radius 3 is 2.20 bits per heavy atom. The molecule has 0 heterocycles. The van der Waals surface area contributed by atoms with Gasteiger partial charge in [-0.15, -0.1) is 0 Å². The molecule has 1 amide bonds. The fourth-order valence-electron chi connectivity index (χ4n) is 2.77. The Morgan fingerprint density at radius 1 is 0.960 bits per heavy atom. The molecule has 25 heavy (non-hydrogen) atoms. The number of rotatable bonds is 7. The molecule has 0 fully saturated rings. The number of carbonyl (C=O) groups is 1. The van der Waals surface area contributed by atoms with Gasteiger partial charge in [0, 0.05) is 0 Å². The maximum Gasteiger partial charge on any atom is 0.261 e. The maximum atomic E-state index is 12.7. The fraction of sp³-hybridized carbons (Fsp3) is 0.409. The molecule has 0 radical (unpaired) electrons. The number of hydrogen-bond donors (Lipinski definition) is 1. The lowest BCUT2D eigenvalue weighted by Gasteiger charge is -2.23. The van der Waals surface area contributed by atoms with E-state index < -0.39 is 6.10 Å². The van der Waals surface area contributed by atoms with Crippen LogP contribution in [-0.4, -0.2) is 12.0 Å². The topological polar surface area (TPSA) is 38.3 Å². The van der Waals surface area contributed by atoms with E-state index >= 15 is 0 Å². The molecule has 0 saturated heterocycles. The van der Waals surface area contributed by atoms with Crippen LogP contribution in [0.3, 0.4) is 0 Å². The van der Waals surface area contributed by atoms with Crippen LogP contribution in [0.5, 0.6) is 5.75 Å². The fourth-order valence-corrected chi connectivity index (χ4v) is 2.77. The summed E-state index contributed by atoms with van der Waals surface area (Å²) in [4.78, 5) is 12.7. The monoisotopic (exact) mass is 339 g/mol. The van der Waals surface area contributed by atoms with Gasteiger partial charge in [0.1, 0.15) is 5.75 Å². The third-order valence-corrected chi connectivity index (χ3v) is 4.62. The molecule has 0 aromatic heterocycles. The molecule has 0 unspecified atom stereocenters. The lowest BCUT2D eigenvalue weighted by Crippen LogP contribution is -2.40. The summed E-state index contributed by atoms with van der Waals surface area (Å²) in [7, 11) is 0. The lowest BCUT2D eigenvalue weighted by atomic mass is 9.99. The van der Waals surface area contributed by atoms with E-state index in [9.17, 15) is 4.79 Å². The second-order valence-electron chi connectivity index (χ2n) is 6.64. The van der Waals surface area contributed by atoms with Gasteiger partial charge < -0.3 is 10.1 Å². The summed E-state index contributed by atoms with van der Waals surface area (Å²) in [5.74, 6) is 0.667. The Labute approximate surface area is 151 Å². The second-order valence-corrected chi connectivity index (χ2v) is 6.64. The largest absolute Gasteiger partial charge is 0.481 e. The summed E-state index contributed by atoms with van der Waals surface area (Å²) < 4.78 is 5.89. The van der Waals surface area contributed by atoms with Crippen molar-refractivity contribution in [3.63, 3.8) is 0 Å². The average Bonchev–Trinajstić information content (AvgIpc) is 2.61. The van der Waals surface area contributed by atoms with Gasteiger partial charge in [0.05, 0.1) is 6.04 Å². The molecule has 0 saturated carbocycles. The molecular formula is C22H29NO2. The van der Waals surface area contributed by atoms with Crippen molar-refractivity contribution in [1.82, 2.24) is 5.32 Å². The number of hydrogen-bond acceptors (Lipinski definition) is 2. The normalized spacial score (nSPS) is 13.2. The van der Waals surface area contributed by atoms with Gasteiger partial charge in [0.2, 0.25) is 0 Å². The number of amides is 1. The number of carbonyl (C=O) groups excluding carboxylic acids is 1. The Bertz CT molecular complexity index is 706. The Kier molecular flexibility index (Phi) is 6.63. The molecular weight excluding hydrogens is 310 g/mol. The number of nitrogens with one attached hydrogen (secondary N) is 1. The Morgan fingerprint density at radius 2 is 1.64 bits per heavy atom. The minimum absolute atomic E-state index is 0.00229. The van der Waals surface area contributed by atoms with E-state index in [0.29, 0.717) is 6.42 Å². The highest BCUT2D eigenvalue weighted by Gasteiger charge is 2.22. The predicted octanol–water partition coefficient (Wildman–Crippen LogP) is 5.04. The molecule has 0 aliphatic rings. The smallest absolute Gasteiger partial charge is 0.261 e. The highest BCUT2D eigenvalue weighted by atomic mass is 16.5. The first-order valence-corrected chi connectivity index (χ1v) is 9.05. The van der Waals surface area contributed by atoms with Gasteiger partial charge >= 0.3 is 0 Å². The van der Waals surface area contributed by atoms with Crippen molar-refractivity contribution in [3.05, 3.63) is 64.7 Å². The molecule has 3 nitrogen and oxygen atoms in total. The summed E-state index contributed by atoms with van der Waals surface area (Å²) >= 11 is 0. The van der Waals surface area contributed by atoms with Gasteiger partial charge in [0.15, 0.2) is 6.10 Å². The van der Waals surface area contributed by atoms with Crippen molar-refractivity contribution < 1.29 is 9.53 Å². The van der Waals surface area contributed by atoms with Gasteiger partial charge in [-0.25, -0.2) is 0 Å². The maximum absolute atomic E-state index is 12.7. The van der Waals surface area contributed by atoms with Gasteiger partial charge in [0.25, 0.3) is 5.91 Å². The molecule has 0 bridgehead atoms. The van der Waals surface area contributed by atoms with Gasteiger partial charge in [-0.05, 0) is 62.4 Å². The molecule has 0 spiro atoms. The molecule has 134 valence electrons. The van der Waals surface area contributed by atoms with E-state index in [0.717, 1.165) is 17.7 Å². The number of ether oxygens (including phenoxy) is 1. The molecule has 3 heteroatoms. The van der Waals surface area contributed by atoms with E-state index in [-0.39, 0.29) is 11.9 Å². The molecule has 2 atom stereocenters. The summed E-state index contributed by atoms with van der Waals surface area (Å²) in [6.45, 7) is 10.3. The zero-order chi connectivity index (χ0) is 18.4. The van der Waals surface area contributed by atoms with E-state index in [1.54, 1.807) is 0 Å². The van der Waals surface area contributed by atoms with Gasteiger partial charge in [-0.2, -0.15) is 0 Å². The van der Waals surface area contributed by atoms with Crippen molar-refractivity contribution >= 4 is 5.91 Å².